The zero-order valence-electron chi connectivity index (χ0n) is 14.2. The number of aliphatic hydroxyl groups is 1. The summed E-state index contributed by atoms with van der Waals surface area (Å²) in [4.78, 5) is 25.7. The van der Waals surface area contributed by atoms with E-state index in [-0.39, 0.29) is 12.5 Å². The monoisotopic (exact) mass is 332 g/mol. The van der Waals surface area contributed by atoms with Crippen LogP contribution in [0.3, 0.4) is 0 Å². The van der Waals surface area contributed by atoms with Crippen LogP contribution in [0.25, 0.3) is 0 Å². The molecule has 3 rings (SSSR count). The van der Waals surface area contributed by atoms with E-state index in [0.29, 0.717) is 18.5 Å². The highest BCUT2D eigenvalue weighted by atomic mass is 16.6. The van der Waals surface area contributed by atoms with Crippen molar-refractivity contribution in [3.63, 3.8) is 0 Å². The summed E-state index contributed by atoms with van der Waals surface area (Å²) in [5.41, 5.74) is -0.620. The molecule has 1 saturated carbocycles. The highest BCUT2D eigenvalue weighted by molar-refractivity contribution is 5.94. The van der Waals surface area contributed by atoms with Crippen molar-refractivity contribution >= 4 is 17.7 Å². The fraction of sp³-hybridized carbons (Fsp3) is 0.556. The molecule has 1 aromatic rings. The minimum atomic E-state index is -1.48. The number of nitrogens with zero attached hydrogens (tertiary/aromatic N) is 1. The van der Waals surface area contributed by atoms with Gasteiger partial charge in [-0.3, -0.25) is 9.69 Å². The molecule has 1 atom stereocenters. The lowest BCUT2D eigenvalue weighted by molar-refractivity contribution is -0.160. The lowest BCUT2D eigenvalue weighted by atomic mass is 9.77. The van der Waals surface area contributed by atoms with E-state index >= 15 is 0 Å². The fourth-order valence-corrected chi connectivity index (χ4v) is 3.64. The van der Waals surface area contributed by atoms with Crippen LogP contribution in [0.5, 0.6) is 0 Å². The van der Waals surface area contributed by atoms with Gasteiger partial charge in [0, 0.05) is 5.69 Å². The van der Waals surface area contributed by atoms with Crippen molar-refractivity contribution in [3.05, 3.63) is 29.8 Å². The third kappa shape index (κ3) is 2.86. The van der Waals surface area contributed by atoms with E-state index in [1.807, 2.05) is 19.1 Å². The molecule has 1 aromatic carbocycles. The average molecular weight is 332 g/mol. The number of carbonyl (C=O) groups is 2. The van der Waals surface area contributed by atoms with Gasteiger partial charge in [-0.15, -0.1) is 0 Å². The third-order valence-electron chi connectivity index (χ3n) is 5.19. The van der Waals surface area contributed by atoms with Gasteiger partial charge in [0.15, 0.2) is 11.3 Å². The second kappa shape index (κ2) is 6.09. The maximum atomic E-state index is 12.3. The maximum Gasteiger partial charge on any atom is 0.413 e. The molecule has 6 nitrogen and oxygen atoms in total. The van der Waals surface area contributed by atoms with E-state index in [4.69, 9.17) is 4.74 Å². The van der Waals surface area contributed by atoms with Gasteiger partial charge in [-0.05, 0) is 51.7 Å². The first-order chi connectivity index (χ1) is 11.3. The van der Waals surface area contributed by atoms with Crippen LogP contribution in [0, 0.1) is 6.92 Å². The number of hydrogen-bond acceptors (Lipinski definition) is 4. The molecule has 2 amide bonds. The van der Waals surface area contributed by atoms with Crippen LogP contribution >= 0.6 is 0 Å². The van der Waals surface area contributed by atoms with Gasteiger partial charge in [-0.2, -0.15) is 0 Å². The Labute approximate surface area is 141 Å². The van der Waals surface area contributed by atoms with Gasteiger partial charge < -0.3 is 15.2 Å². The Hall–Kier alpha value is -2.08. The zero-order chi connectivity index (χ0) is 17.4. The lowest BCUT2D eigenvalue weighted by Gasteiger charge is -2.41. The van der Waals surface area contributed by atoms with Crippen molar-refractivity contribution < 1.29 is 19.4 Å². The summed E-state index contributed by atoms with van der Waals surface area (Å²) in [6.07, 6.45) is 3.52. The highest BCUT2D eigenvalue weighted by Crippen LogP contribution is 2.46. The van der Waals surface area contributed by atoms with Crippen LogP contribution < -0.4 is 5.32 Å². The van der Waals surface area contributed by atoms with Gasteiger partial charge in [0.2, 0.25) is 5.91 Å². The highest BCUT2D eigenvalue weighted by Gasteiger charge is 2.62. The van der Waals surface area contributed by atoms with E-state index in [0.717, 1.165) is 29.7 Å². The zero-order valence-corrected chi connectivity index (χ0v) is 14.2. The van der Waals surface area contributed by atoms with Crippen LogP contribution in [-0.2, 0) is 9.53 Å². The average Bonchev–Trinajstić information content (AvgIpc) is 2.71. The Morgan fingerprint density at radius 1 is 1.25 bits per heavy atom. The SMILES string of the molecule is Cc1ccc(NC(=O)CN2C(=O)OC3(CCCCC3)[C@]2(C)O)cc1. The van der Waals surface area contributed by atoms with Crippen molar-refractivity contribution in [2.75, 3.05) is 11.9 Å². The first-order valence-corrected chi connectivity index (χ1v) is 8.44. The Morgan fingerprint density at radius 2 is 1.88 bits per heavy atom. The van der Waals surface area contributed by atoms with Crippen molar-refractivity contribution in [1.82, 2.24) is 4.90 Å². The van der Waals surface area contributed by atoms with Gasteiger partial charge in [-0.25, -0.2) is 4.79 Å². The van der Waals surface area contributed by atoms with Crippen LogP contribution in [0.15, 0.2) is 24.3 Å². The van der Waals surface area contributed by atoms with Crippen LogP contribution in [-0.4, -0.2) is 39.9 Å². The second-order valence-electron chi connectivity index (χ2n) is 6.94. The van der Waals surface area contributed by atoms with Gasteiger partial charge in [0.05, 0.1) is 0 Å². The molecule has 0 radical (unpaired) electrons. The number of carbonyl (C=O) groups excluding carboxylic acids is 2. The molecule has 0 bridgehead atoms. The van der Waals surface area contributed by atoms with Gasteiger partial charge in [0.25, 0.3) is 0 Å². The topological polar surface area (TPSA) is 78.9 Å². The van der Waals surface area contributed by atoms with E-state index < -0.39 is 17.4 Å². The Balaban J connectivity index is 1.70. The summed E-state index contributed by atoms with van der Waals surface area (Å²) in [5, 5.41) is 13.7. The van der Waals surface area contributed by atoms with Gasteiger partial charge in [-0.1, -0.05) is 24.1 Å². The molecule has 130 valence electrons. The molecule has 0 unspecified atom stereocenters. The van der Waals surface area contributed by atoms with E-state index in [2.05, 4.69) is 5.32 Å². The quantitative estimate of drug-likeness (QED) is 0.892. The van der Waals surface area contributed by atoms with Crippen LogP contribution in [0.4, 0.5) is 10.5 Å². The Morgan fingerprint density at radius 3 is 2.50 bits per heavy atom. The third-order valence-corrected chi connectivity index (χ3v) is 5.19. The molecule has 2 N–H and O–H groups in total. The lowest BCUT2D eigenvalue weighted by Crippen LogP contribution is -2.58. The second-order valence-corrected chi connectivity index (χ2v) is 6.94. The molecule has 2 fully saturated rings. The number of rotatable bonds is 3. The predicted octanol–water partition coefficient (Wildman–Crippen LogP) is 2.80. The van der Waals surface area contributed by atoms with E-state index in [1.54, 1.807) is 19.1 Å². The number of aryl methyl sites for hydroxylation is 1. The number of amides is 2. The first-order valence-electron chi connectivity index (χ1n) is 8.44. The van der Waals surface area contributed by atoms with Gasteiger partial charge in [0.1, 0.15) is 6.54 Å². The summed E-state index contributed by atoms with van der Waals surface area (Å²) in [7, 11) is 0. The molecular weight excluding hydrogens is 308 g/mol. The van der Waals surface area contributed by atoms with E-state index in [1.165, 1.54) is 0 Å². The summed E-state index contributed by atoms with van der Waals surface area (Å²) >= 11 is 0. The first kappa shape index (κ1) is 16.8. The molecule has 1 aliphatic heterocycles. The van der Waals surface area contributed by atoms with Crippen molar-refractivity contribution in [2.24, 2.45) is 0 Å². The number of hydrogen-bond donors (Lipinski definition) is 2. The number of benzene rings is 1. The fourth-order valence-electron chi connectivity index (χ4n) is 3.64. The molecule has 1 saturated heterocycles. The standard InChI is InChI=1S/C18H24N2O4/c1-13-6-8-14(9-7-13)19-15(21)12-20-16(22)24-18(17(20,2)23)10-4-3-5-11-18/h6-9,23H,3-5,10-12H2,1-2H3,(H,19,21)/t17-/m0/s1. The molecule has 2 aliphatic rings. The molecule has 1 spiro atoms. The predicted molar refractivity (Wildman–Crippen MR) is 89.4 cm³/mol. The molecule has 1 heterocycles. The summed E-state index contributed by atoms with van der Waals surface area (Å²) in [6.45, 7) is 3.30. The minimum absolute atomic E-state index is 0.235. The van der Waals surface area contributed by atoms with Crippen molar-refractivity contribution in [1.29, 1.82) is 0 Å². The molecule has 0 aromatic heterocycles. The molecule has 24 heavy (non-hydrogen) atoms. The molecular formula is C18H24N2O4. The number of anilines is 1. The number of nitrogens with one attached hydrogen (secondary N) is 1. The minimum Gasteiger partial charge on any atom is -0.438 e. The summed E-state index contributed by atoms with van der Waals surface area (Å²) < 4.78 is 5.54. The Bertz CT molecular complexity index is 633. The maximum absolute atomic E-state index is 12.3. The van der Waals surface area contributed by atoms with Gasteiger partial charge >= 0.3 is 6.09 Å². The van der Waals surface area contributed by atoms with Crippen molar-refractivity contribution in [3.8, 4) is 0 Å². The largest absolute Gasteiger partial charge is 0.438 e. The van der Waals surface area contributed by atoms with Crippen LogP contribution in [0.1, 0.15) is 44.6 Å². The number of ether oxygens (including phenoxy) is 1. The normalized spacial score (nSPS) is 25.6. The van der Waals surface area contributed by atoms with E-state index in [9.17, 15) is 14.7 Å². The summed E-state index contributed by atoms with van der Waals surface area (Å²) in [5.74, 6) is -0.357. The van der Waals surface area contributed by atoms with Crippen molar-refractivity contribution in [2.45, 2.75) is 57.3 Å². The van der Waals surface area contributed by atoms with Crippen LogP contribution in [0.2, 0.25) is 0 Å². The smallest absolute Gasteiger partial charge is 0.413 e. The Kier molecular flexibility index (Phi) is 4.25. The molecule has 6 heteroatoms. The summed E-state index contributed by atoms with van der Waals surface area (Å²) in [6, 6.07) is 7.40. The molecule has 1 aliphatic carbocycles.